The van der Waals surface area contributed by atoms with Crippen molar-refractivity contribution in [3.05, 3.63) is 74.2 Å². The number of hydrogen-bond donors (Lipinski definition) is 0. The van der Waals surface area contributed by atoms with Gasteiger partial charge in [0.15, 0.2) is 5.82 Å². The number of thioether (sulfide) groups is 1. The van der Waals surface area contributed by atoms with E-state index in [-0.39, 0.29) is 21.6 Å². The molecule has 2 heterocycles. The quantitative estimate of drug-likeness (QED) is 0.363. The lowest BCUT2D eigenvalue weighted by molar-refractivity contribution is -0.146. The van der Waals surface area contributed by atoms with E-state index in [9.17, 15) is 18.0 Å². The largest absolute Gasteiger partial charge is 0.452 e. The molecule has 1 aliphatic rings. The van der Waals surface area contributed by atoms with Crippen molar-refractivity contribution in [3.63, 3.8) is 0 Å². The van der Waals surface area contributed by atoms with Crippen molar-refractivity contribution in [2.24, 2.45) is 0 Å². The van der Waals surface area contributed by atoms with Crippen LogP contribution in [0.1, 0.15) is 40.4 Å². The van der Waals surface area contributed by atoms with Crippen LogP contribution in [0.15, 0.2) is 36.4 Å². The molecule has 0 amide bonds. The van der Waals surface area contributed by atoms with Crippen LogP contribution in [0.25, 0.3) is 5.69 Å². The van der Waals surface area contributed by atoms with Crippen molar-refractivity contribution in [2.45, 2.75) is 23.8 Å². The molecule has 4 rings (SSSR count). The minimum absolute atomic E-state index is 0.139. The summed E-state index contributed by atoms with van der Waals surface area (Å²) in [6.07, 6.45) is -4.80. The van der Waals surface area contributed by atoms with Crippen molar-refractivity contribution in [1.82, 2.24) is 14.8 Å². The third-order valence-corrected chi connectivity index (χ3v) is 6.86. The number of rotatable bonds is 2. The predicted octanol–water partition coefficient (Wildman–Crippen LogP) is 6.64. The Balaban J connectivity index is 2.04. The summed E-state index contributed by atoms with van der Waals surface area (Å²) in [5.74, 6) is -2.13. The number of esters is 1. The lowest BCUT2D eigenvalue weighted by atomic mass is 10.0. The van der Waals surface area contributed by atoms with E-state index >= 15 is 0 Å². The molecule has 5 nitrogen and oxygen atoms in total. The fraction of sp³-hybridized carbons (Fsp3) is 0.211. The zero-order valence-corrected chi connectivity index (χ0v) is 18.5. The van der Waals surface area contributed by atoms with E-state index in [0.29, 0.717) is 16.1 Å². The van der Waals surface area contributed by atoms with E-state index in [0.717, 1.165) is 23.3 Å². The van der Waals surface area contributed by atoms with Crippen LogP contribution in [0.3, 0.4) is 0 Å². The number of halogens is 6. The molecule has 0 saturated carbocycles. The summed E-state index contributed by atoms with van der Waals surface area (Å²) in [7, 11) is 0. The smallest absolute Gasteiger partial charge is 0.443 e. The van der Waals surface area contributed by atoms with Gasteiger partial charge in [-0.15, -0.1) is 10.2 Å². The molecule has 162 valence electrons. The Hall–Kier alpha value is -1.94. The topological polar surface area (TPSA) is 57.0 Å². The van der Waals surface area contributed by atoms with Gasteiger partial charge in [-0.2, -0.15) is 13.2 Å². The number of benzene rings is 2. The third kappa shape index (κ3) is 4.11. The Labute approximate surface area is 193 Å². The molecule has 0 radical (unpaired) electrons. The second kappa shape index (κ2) is 8.20. The normalized spacial score (nSPS) is 18.2. The van der Waals surface area contributed by atoms with Gasteiger partial charge in [0.1, 0.15) is 0 Å². The SMILES string of the molecule is CC(=O)O[C@@H]1S[C@@H](c2cccc(Cl)c2Cl)c2cc(Cl)ccc2-n2c1nnc2C(F)(F)F. The Morgan fingerprint density at radius 3 is 2.55 bits per heavy atom. The maximum Gasteiger partial charge on any atom is 0.452 e. The Morgan fingerprint density at radius 2 is 1.87 bits per heavy atom. The molecule has 0 aliphatic carbocycles. The highest BCUT2D eigenvalue weighted by molar-refractivity contribution is 7.99. The zero-order chi connectivity index (χ0) is 22.5. The number of aromatic nitrogens is 3. The molecule has 31 heavy (non-hydrogen) atoms. The number of carbonyl (C=O) groups excluding carboxylic acids is 1. The molecule has 1 aliphatic heterocycles. The fourth-order valence-electron chi connectivity index (χ4n) is 3.26. The van der Waals surface area contributed by atoms with E-state index < -0.39 is 28.7 Å². The van der Waals surface area contributed by atoms with E-state index in [1.165, 1.54) is 18.2 Å². The first-order valence-electron chi connectivity index (χ1n) is 8.67. The van der Waals surface area contributed by atoms with Gasteiger partial charge in [-0.3, -0.25) is 9.36 Å². The average Bonchev–Trinajstić information content (AvgIpc) is 3.08. The molecule has 0 fully saturated rings. The minimum Gasteiger partial charge on any atom is -0.443 e. The van der Waals surface area contributed by atoms with E-state index in [1.54, 1.807) is 18.2 Å². The van der Waals surface area contributed by atoms with Gasteiger partial charge in [0.25, 0.3) is 0 Å². The van der Waals surface area contributed by atoms with E-state index in [4.69, 9.17) is 39.5 Å². The highest BCUT2D eigenvalue weighted by atomic mass is 35.5. The summed E-state index contributed by atoms with van der Waals surface area (Å²) in [6.45, 7) is 1.15. The van der Waals surface area contributed by atoms with Crippen LogP contribution in [0.5, 0.6) is 0 Å². The molecule has 12 heteroatoms. The summed E-state index contributed by atoms with van der Waals surface area (Å²) in [4.78, 5) is 11.7. The molecule has 2 aromatic carbocycles. The zero-order valence-electron chi connectivity index (χ0n) is 15.5. The first kappa shape index (κ1) is 22.3. The Kier molecular flexibility index (Phi) is 5.89. The second-order valence-corrected chi connectivity index (χ2v) is 8.91. The lowest BCUT2D eigenvalue weighted by Gasteiger charge is -2.22. The Morgan fingerprint density at radius 1 is 1.13 bits per heavy atom. The molecule has 0 bridgehead atoms. The number of hydrogen-bond acceptors (Lipinski definition) is 5. The highest BCUT2D eigenvalue weighted by Gasteiger charge is 2.44. The second-order valence-electron chi connectivity index (χ2n) is 6.52. The fourth-order valence-corrected chi connectivity index (χ4v) is 5.31. The summed E-state index contributed by atoms with van der Waals surface area (Å²) in [5.41, 5.74) is -0.137. The minimum atomic E-state index is -4.80. The summed E-state index contributed by atoms with van der Waals surface area (Å²) < 4.78 is 47.4. The molecular formula is C19H11Cl3F3N3O2S. The first-order chi connectivity index (χ1) is 14.6. The van der Waals surface area contributed by atoms with Gasteiger partial charge in [0.05, 0.1) is 21.0 Å². The van der Waals surface area contributed by atoms with Crippen LogP contribution < -0.4 is 0 Å². The summed E-state index contributed by atoms with van der Waals surface area (Å²) in [6, 6.07) is 9.37. The molecule has 1 aromatic heterocycles. The van der Waals surface area contributed by atoms with Gasteiger partial charge >= 0.3 is 12.1 Å². The molecular weight excluding hydrogens is 498 g/mol. The van der Waals surface area contributed by atoms with Gasteiger partial charge < -0.3 is 4.74 Å². The molecule has 3 aromatic rings. The highest BCUT2D eigenvalue weighted by Crippen LogP contribution is 2.52. The van der Waals surface area contributed by atoms with Crippen LogP contribution in [-0.2, 0) is 15.7 Å². The van der Waals surface area contributed by atoms with E-state index in [1.807, 2.05) is 0 Å². The van der Waals surface area contributed by atoms with Crippen LogP contribution in [0.4, 0.5) is 13.2 Å². The molecule has 0 unspecified atom stereocenters. The van der Waals surface area contributed by atoms with Crippen LogP contribution in [-0.4, -0.2) is 20.7 Å². The van der Waals surface area contributed by atoms with Crippen LogP contribution >= 0.6 is 46.6 Å². The van der Waals surface area contributed by atoms with E-state index in [2.05, 4.69) is 10.2 Å². The lowest BCUT2D eigenvalue weighted by Crippen LogP contribution is -2.17. The van der Waals surface area contributed by atoms with Crippen LogP contribution in [0.2, 0.25) is 15.1 Å². The Bertz CT molecular complexity index is 1190. The summed E-state index contributed by atoms with van der Waals surface area (Å²) in [5, 5.41) is 7.16. The van der Waals surface area contributed by atoms with Crippen molar-refractivity contribution in [3.8, 4) is 5.69 Å². The summed E-state index contributed by atoms with van der Waals surface area (Å²) >= 11 is 19.8. The average molecular weight is 509 g/mol. The predicted molar refractivity (Wildman–Crippen MR) is 112 cm³/mol. The first-order valence-corrected chi connectivity index (χ1v) is 10.7. The maximum atomic E-state index is 13.7. The molecule has 0 spiro atoms. The third-order valence-electron chi connectivity index (χ3n) is 4.46. The van der Waals surface area contributed by atoms with Gasteiger partial charge in [-0.1, -0.05) is 58.7 Å². The monoisotopic (exact) mass is 507 g/mol. The number of fused-ring (bicyclic) bond motifs is 3. The van der Waals surface area contributed by atoms with Crippen molar-refractivity contribution in [2.75, 3.05) is 0 Å². The van der Waals surface area contributed by atoms with Crippen molar-refractivity contribution in [1.29, 1.82) is 0 Å². The standard InChI is InChI=1S/C19H11Cl3F3N3O2S/c1-8(29)30-17-16-26-27-18(19(23,24)25)28(16)13-6-5-9(20)7-11(13)15(31-17)10-3-2-4-12(21)14(10)22/h2-7,15,17H,1H3/t15-,17+/m0/s1. The number of alkyl halides is 3. The molecule has 2 atom stereocenters. The number of carbonyl (C=O) groups is 1. The van der Waals surface area contributed by atoms with Gasteiger partial charge in [0, 0.05) is 11.9 Å². The maximum absolute atomic E-state index is 13.7. The van der Waals surface area contributed by atoms with Crippen molar-refractivity contribution < 1.29 is 22.7 Å². The van der Waals surface area contributed by atoms with Crippen LogP contribution in [0, 0.1) is 0 Å². The number of ether oxygens (including phenoxy) is 1. The van der Waals surface area contributed by atoms with Gasteiger partial charge in [-0.05, 0) is 35.4 Å². The number of nitrogens with zero attached hydrogens (tertiary/aromatic N) is 3. The van der Waals surface area contributed by atoms with Gasteiger partial charge in [0.2, 0.25) is 11.3 Å². The van der Waals surface area contributed by atoms with Crippen molar-refractivity contribution >= 4 is 52.5 Å². The molecule has 0 saturated heterocycles. The molecule has 0 N–H and O–H groups in total. The van der Waals surface area contributed by atoms with Gasteiger partial charge in [-0.25, -0.2) is 0 Å².